The van der Waals surface area contributed by atoms with Gasteiger partial charge in [-0.2, -0.15) is 0 Å². The number of Topliss-reactive ketones (excluding diaryl/α,β-unsaturated/α-hetero) is 1. The smallest absolute Gasteiger partial charge is 0.140 e. The van der Waals surface area contributed by atoms with Crippen molar-refractivity contribution >= 4 is 21.7 Å². The van der Waals surface area contributed by atoms with Crippen molar-refractivity contribution in [3.05, 3.63) is 28.2 Å². The third-order valence-corrected chi connectivity index (χ3v) is 3.60. The number of ether oxygens (including phenoxy) is 1. The van der Waals surface area contributed by atoms with Crippen LogP contribution in [0.4, 0.5) is 0 Å². The van der Waals surface area contributed by atoms with Crippen LogP contribution in [0.3, 0.4) is 0 Å². The van der Waals surface area contributed by atoms with Gasteiger partial charge in [0.05, 0.1) is 11.1 Å². The van der Waals surface area contributed by atoms with E-state index >= 15 is 0 Å². The highest BCUT2D eigenvalue weighted by molar-refractivity contribution is 9.10. The average molecular weight is 313 g/mol. The standard InChI is InChI=1S/C15H21BrO2/c1-5-13(17)15(10(3)4)11-7-8-14(18-6-2)12(16)9-11/h7-10,15H,5-6H2,1-4H3. The lowest BCUT2D eigenvalue weighted by Crippen LogP contribution is -2.17. The number of ketones is 1. The van der Waals surface area contributed by atoms with E-state index in [4.69, 9.17) is 4.74 Å². The summed E-state index contributed by atoms with van der Waals surface area (Å²) < 4.78 is 6.40. The Kier molecular flexibility index (Phi) is 5.86. The number of carbonyl (C=O) groups is 1. The normalized spacial score (nSPS) is 12.6. The maximum atomic E-state index is 12.0. The molecule has 0 radical (unpaired) electrons. The van der Waals surface area contributed by atoms with Gasteiger partial charge < -0.3 is 4.74 Å². The lowest BCUT2D eigenvalue weighted by atomic mass is 9.84. The molecule has 0 aliphatic carbocycles. The Balaban J connectivity index is 3.07. The third kappa shape index (κ3) is 3.58. The summed E-state index contributed by atoms with van der Waals surface area (Å²) in [5, 5.41) is 0. The molecule has 1 atom stereocenters. The van der Waals surface area contributed by atoms with Gasteiger partial charge in [0.15, 0.2) is 0 Å². The molecule has 0 fully saturated rings. The fourth-order valence-corrected chi connectivity index (χ4v) is 2.66. The zero-order valence-electron chi connectivity index (χ0n) is 11.5. The molecule has 2 nitrogen and oxygen atoms in total. The number of halogens is 1. The van der Waals surface area contributed by atoms with Gasteiger partial charge in [0, 0.05) is 12.3 Å². The van der Waals surface area contributed by atoms with E-state index < -0.39 is 0 Å². The SMILES string of the molecule is CCOc1ccc(C(C(=O)CC)C(C)C)cc1Br. The van der Waals surface area contributed by atoms with Crippen LogP contribution in [-0.4, -0.2) is 12.4 Å². The number of rotatable bonds is 6. The van der Waals surface area contributed by atoms with Crippen LogP contribution in [0.1, 0.15) is 45.6 Å². The van der Waals surface area contributed by atoms with Crippen molar-refractivity contribution < 1.29 is 9.53 Å². The summed E-state index contributed by atoms with van der Waals surface area (Å²) >= 11 is 3.50. The number of benzene rings is 1. The summed E-state index contributed by atoms with van der Waals surface area (Å²) in [6, 6.07) is 5.93. The first-order valence-corrected chi connectivity index (χ1v) is 7.25. The highest BCUT2D eigenvalue weighted by atomic mass is 79.9. The van der Waals surface area contributed by atoms with Gasteiger partial charge in [-0.1, -0.05) is 26.8 Å². The van der Waals surface area contributed by atoms with Crippen molar-refractivity contribution in [1.82, 2.24) is 0 Å². The van der Waals surface area contributed by atoms with E-state index in [9.17, 15) is 4.79 Å². The summed E-state index contributed by atoms with van der Waals surface area (Å²) in [4.78, 5) is 12.0. The molecular weight excluding hydrogens is 292 g/mol. The molecule has 100 valence electrons. The van der Waals surface area contributed by atoms with Gasteiger partial charge in [-0.05, 0) is 46.5 Å². The van der Waals surface area contributed by atoms with E-state index in [-0.39, 0.29) is 5.92 Å². The van der Waals surface area contributed by atoms with Crippen molar-refractivity contribution in [1.29, 1.82) is 0 Å². The molecule has 1 rings (SSSR count). The molecule has 0 aliphatic heterocycles. The Bertz CT molecular complexity index is 413. The van der Waals surface area contributed by atoms with Crippen molar-refractivity contribution in [2.45, 2.75) is 40.0 Å². The van der Waals surface area contributed by atoms with Crippen LogP contribution in [-0.2, 0) is 4.79 Å². The average Bonchev–Trinajstić information content (AvgIpc) is 2.32. The second-order valence-electron chi connectivity index (χ2n) is 4.66. The highest BCUT2D eigenvalue weighted by Crippen LogP contribution is 2.33. The first kappa shape index (κ1) is 15.2. The summed E-state index contributed by atoms with van der Waals surface area (Å²) in [6.45, 7) is 8.68. The molecule has 0 amide bonds. The first-order valence-electron chi connectivity index (χ1n) is 6.46. The molecular formula is C15H21BrO2. The van der Waals surface area contributed by atoms with E-state index in [2.05, 4.69) is 29.8 Å². The zero-order chi connectivity index (χ0) is 13.7. The molecule has 18 heavy (non-hydrogen) atoms. The summed E-state index contributed by atoms with van der Waals surface area (Å²) in [6.07, 6.45) is 0.577. The minimum atomic E-state index is -0.0259. The Morgan fingerprint density at radius 1 is 1.33 bits per heavy atom. The van der Waals surface area contributed by atoms with E-state index in [1.165, 1.54) is 0 Å². The minimum Gasteiger partial charge on any atom is -0.493 e. The molecule has 0 aliphatic rings. The summed E-state index contributed by atoms with van der Waals surface area (Å²) in [7, 11) is 0. The lowest BCUT2D eigenvalue weighted by Gasteiger charge is -2.20. The van der Waals surface area contributed by atoms with Gasteiger partial charge in [0.2, 0.25) is 0 Å². The largest absolute Gasteiger partial charge is 0.493 e. The Hall–Kier alpha value is -0.830. The van der Waals surface area contributed by atoms with E-state index in [0.717, 1.165) is 15.8 Å². The maximum absolute atomic E-state index is 12.0. The van der Waals surface area contributed by atoms with Crippen LogP contribution >= 0.6 is 15.9 Å². The molecule has 0 saturated heterocycles. The van der Waals surface area contributed by atoms with Gasteiger partial charge in [0.25, 0.3) is 0 Å². The van der Waals surface area contributed by atoms with Crippen molar-refractivity contribution in [2.75, 3.05) is 6.61 Å². The molecule has 0 heterocycles. The molecule has 1 aromatic rings. The van der Waals surface area contributed by atoms with E-state index in [0.29, 0.717) is 24.7 Å². The Labute approximate surface area is 118 Å². The molecule has 0 bridgehead atoms. The molecule has 0 aromatic heterocycles. The summed E-state index contributed by atoms with van der Waals surface area (Å²) in [5.41, 5.74) is 1.06. The highest BCUT2D eigenvalue weighted by Gasteiger charge is 2.23. The van der Waals surface area contributed by atoms with Crippen LogP contribution < -0.4 is 4.74 Å². The fraction of sp³-hybridized carbons (Fsp3) is 0.533. The van der Waals surface area contributed by atoms with Crippen molar-refractivity contribution in [3.8, 4) is 5.75 Å². The zero-order valence-corrected chi connectivity index (χ0v) is 13.1. The van der Waals surface area contributed by atoms with Crippen LogP contribution in [0.15, 0.2) is 22.7 Å². The van der Waals surface area contributed by atoms with E-state index in [1.807, 2.05) is 32.0 Å². The van der Waals surface area contributed by atoms with E-state index in [1.54, 1.807) is 0 Å². The van der Waals surface area contributed by atoms with Crippen LogP contribution in [0.25, 0.3) is 0 Å². The predicted molar refractivity (Wildman–Crippen MR) is 78.2 cm³/mol. The van der Waals surface area contributed by atoms with Gasteiger partial charge in [0.1, 0.15) is 11.5 Å². The molecule has 1 unspecified atom stereocenters. The lowest BCUT2D eigenvalue weighted by molar-refractivity contribution is -0.121. The number of hydrogen-bond donors (Lipinski definition) is 0. The molecule has 1 aromatic carbocycles. The first-order chi connectivity index (χ1) is 8.51. The molecule has 3 heteroatoms. The van der Waals surface area contributed by atoms with Gasteiger partial charge in [-0.25, -0.2) is 0 Å². The quantitative estimate of drug-likeness (QED) is 0.769. The third-order valence-electron chi connectivity index (χ3n) is 2.98. The fourth-order valence-electron chi connectivity index (χ4n) is 2.15. The number of hydrogen-bond acceptors (Lipinski definition) is 2. The molecule has 0 N–H and O–H groups in total. The van der Waals surface area contributed by atoms with Crippen molar-refractivity contribution in [2.24, 2.45) is 5.92 Å². The van der Waals surface area contributed by atoms with Gasteiger partial charge in [-0.3, -0.25) is 4.79 Å². The van der Waals surface area contributed by atoms with Gasteiger partial charge >= 0.3 is 0 Å². The molecule has 0 saturated carbocycles. The Morgan fingerprint density at radius 3 is 2.44 bits per heavy atom. The van der Waals surface area contributed by atoms with Crippen LogP contribution in [0.2, 0.25) is 0 Å². The second-order valence-corrected chi connectivity index (χ2v) is 5.52. The van der Waals surface area contributed by atoms with Gasteiger partial charge in [-0.15, -0.1) is 0 Å². The minimum absolute atomic E-state index is 0.0259. The second kappa shape index (κ2) is 6.93. The Morgan fingerprint density at radius 2 is 2.00 bits per heavy atom. The molecule has 0 spiro atoms. The predicted octanol–water partition coefficient (Wildman–Crippen LogP) is 4.57. The van der Waals surface area contributed by atoms with Crippen LogP contribution in [0, 0.1) is 5.92 Å². The topological polar surface area (TPSA) is 26.3 Å². The summed E-state index contributed by atoms with van der Waals surface area (Å²) in [5.74, 6) is 1.40. The van der Waals surface area contributed by atoms with Crippen molar-refractivity contribution in [3.63, 3.8) is 0 Å². The maximum Gasteiger partial charge on any atom is 0.140 e. The van der Waals surface area contributed by atoms with Crippen LogP contribution in [0.5, 0.6) is 5.75 Å². The number of carbonyl (C=O) groups excluding carboxylic acids is 1. The monoisotopic (exact) mass is 312 g/mol.